The number of hydrogen-bond donors (Lipinski definition) is 2. The molecule has 8 heteroatoms. The van der Waals surface area contributed by atoms with E-state index in [1.54, 1.807) is 22.7 Å². The summed E-state index contributed by atoms with van der Waals surface area (Å²) in [5.41, 5.74) is 9.33. The van der Waals surface area contributed by atoms with Crippen molar-refractivity contribution in [3.05, 3.63) is 51.4 Å². The Morgan fingerprint density at radius 2 is 2.04 bits per heavy atom. The van der Waals surface area contributed by atoms with Gasteiger partial charge in [0.05, 0.1) is 10.7 Å². The second-order valence-corrected chi connectivity index (χ2v) is 7.12. The van der Waals surface area contributed by atoms with Crippen molar-refractivity contribution in [3.63, 3.8) is 0 Å². The number of halogens is 2. The van der Waals surface area contributed by atoms with Crippen molar-refractivity contribution in [1.29, 1.82) is 0 Å². The molecule has 0 unspecified atom stereocenters. The van der Waals surface area contributed by atoms with Gasteiger partial charge in [-0.15, -0.1) is 0 Å². The van der Waals surface area contributed by atoms with E-state index in [4.69, 9.17) is 28.9 Å². The maximum atomic E-state index is 12.3. The van der Waals surface area contributed by atoms with E-state index >= 15 is 0 Å². The van der Waals surface area contributed by atoms with Gasteiger partial charge in [-0.1, -0.05) is 23.2 Å². The van der Waals surface area contributed by atoms with E-state index in [1.165, 1.54) is 0 Å². The molecule has 0 spiro atoms. The summed E-state index contributed by atoms with van der Waals surface area (Å²) in [4.78, 5) is 21.2. The third-order valence-corrected chi connectivity index (χ3v) is 4.51. The van der Waals surface area contributed by atoms with Crippen LogP contribution in [0, 0.1) is 6.92 Å². The monoisotopic (exact) mass is 391 g/mol. The molecule has 0 aliphatic carbocycles. The van der Waals surface area contributed by atoms with Gasteiger partial charge in [-0.2, -0.15) is 0 Å². The van der Waals surface area contributed by atoms with Gasteiger partial charge in [0.1, 0.15) is 5.69 Å². The Hall–Kier alpha value is -2.15. The van der Waals surface area contributed by atoms with Gasteiger partial charge in [-0.25, -0.2) is 9.97 Å². The highest BCUT2D eigenvalue weighted by atomic mass is 35.5. The van der Waals surface area contributed by atoms with E-state index in [2.05, 4.69) is 15.3 Å². The van der Waals surface area contributed by atoms with E-state index in [1.807, 2.05) is 26.8 Å². The minimum atomic E-state index is -0.259. The van der Waals surface area contributed by atoms with Gasteiger partial charge in [-0.05, 0) is 39.0 Å². The maximum Gasteiger partial charge on any atom is 0.271 e. The van der Waals surface area contributed by atoms with Crippen LogP contribution in [0.15, 0.2) is 24.4 Å². The summed E-state index contributed by atoms with van der Waals surface area (Å²) in [7, 11) is 0. The van der Waals surface area contributed by atoms with Gasteiger partial charge >= 0.3 is 0 Å². The molecule has 136 valence electrons. The van der Waals surface area contributed by atoms with Crippen LogP contribution in [-0.4, -0.2) is 26.3 Å². The average molecular weight is 392 g/mol. The summed E-state index contributed by atoms with van der Waals surface area (Å²) >= 11 is 12.5. The first-order chi connectivity index (χ1) is 12.3. The van der Waals surface area contributed by atoms with Crippen molar-refractivity contribution in [2.24, 2.45) is 5.73 Å². The molecule has 2 aromatic heterocycles. The second-order valence-electron chi connectivity index (χ2n) is 6.28. The number of aromatic nitrogens is 3. The number of hydrogen-bond acceptors (Lipinski definition) is 4. The average Bonchev–Trinajstić information content (AvgIpc) is 2.97. The molecular formula is C18H19Cl2N5O. The molecule has 3 rings (SSSR count). The van der Waals surface area contributed by atoms with Crippen LogP contribution in [0.5, 0.6) is 0 Å². The van der Waals surface area contributed by atoms with Gasteiger partial charge in [0, 0.05) is 40.6 Å². The van der Waals surface area contributed by atoms with Crippen molar-refractivity contribution < 1.29 is 4.79 Å². The summed E-state index contributed by atoms with van der Waals surface area (Å²) in [6.07, 6.45) is 1.65. The molecule has 0 aliphatic rings. The molecule has 6 nitrogen and oxygen atoms in total. The molecule has 0 atom stereocenters. The van der Waals surface area contributed by atoms with Gasteiger partial charge in [0.25, 0.3) is 5.91 Å². The van der Waals surface area contributed by atoms with Crippen LogP contribution in [0.3, 0.4) is 0 Å². The lowest BCUT2D eigenvalue weighted by atomic mass is 10.0. The first-order valence-electron chi connectivity index (χ1n) is 8.16. The number of nitrogens with two attached hydrogens (primary N) is 1. The van der Waals surface area contributed by atoms with Crippen LogP contribution in [0.4, 0.5) is 0 Å². The molecule has 0 saturated heterocycles. The van der Waals surface area contributed by atoms with E-state index in [9.17, 15) is 4.79 Å². The molecule has 1 aromatic carbocycles. The largest absolute Gasteiger partial charge is 0.348 e. The minimum absolute atomic E-state index is 0.00629. The molecular weight excluding hydrogens is 373 g/mol. The second kappa shape index (κ2) is 7.23. The van der Waals surface area contributed by atoms with E-state index < -0.39 is 0 Å². The first kappa shape index (κ1) is 18.6. The molecule has 0 aliphatic heterocycles. The Bertz CT molecular complexity index is 997. The number of aryl methyl sites for hydroxylation is 1. The number of rotatable bonds is 4. The number of nitrogens with one attached hydrogen (secondary N) is 1. The Balaban J connectivity index is 2.28. The maximum absolute atomic E-state index is 12.3. The number of imidazole rings is 1. The number of benzene rings is 1. The van der Waals surface area contributed by atoms with Crippen LogP contribution in [0.25, 0.3) is 17.0 Å². The predicted molar refractivity (Wildman–Crippen MR) is 104 cm³/mol. The van der Waals surface area contributed by atoms with Crippen LogP contribution >= 0.6 is 23.2 Å². The smallest absolute Gasteiger partial charge is 0.271 e. The van der Waals surface area contributed by atoms with Crippen molar-refractivity contribution in [2.45, 2.75) is 33.4 Å². The topological polar surface area (TPSA) is 85.3 Å². The summed E-state index contributed by atoms with van der Waals surface area (Å²) in [6.45, 7) is 5.91. The lowest BCUT2D eigenvalue weighted by Gasteiger charge is -2.14. The molecule has 1 amide bonds. The lowest BCUT2D eigenvalue weighted by Crippen LogP contribution is -2.30. The van der Waals surface area contributed by atoms with E-state index in [0.717, 1.165) is 22.5 Å². The quantitative estimate of drug-likeness (QED) is 0.710. The molecule has 3 N–H and O–H groups in total. The van der Waals surface area contributed by atoms with E-state index in [0.29, 0.717) is 15.8 Å². The minimum Gasteiger partial charge on any atom is -0.348 e. The molecule has 0 radical (unpaired) electrons. The van der Waals surface area contributed by atoms with Crippen LogP contribution in [0.2, 0.25) is 10.0 Å². The third kappa shape index (κ3) is 3.40. The van der Waals surface area contributed by atoms with Crippen molar-refractivity contribution in [2.75, 3.05) is 0 Å². The summed E-state index contributed by atoms with van der Waals surface area (Å²) in [5.74, 6) is 0.153. The highest BCUT2D eigenvalue weighted by Gasteiger charge is 2.20. The number of fused-ring (bicyclic) bond motifs is 1. The summed E-state index contributed by atoms with van der Waals surface area (Å²) in [5, 5.41) is 3.86. The van der Waals surface area contributed by atoms with Crippen LogP contribution < -0.4 is 11.1 Å². The van der Waals surface area contributed by atoms with E-state index in [-0.39, 0.29) is 24.2 Å². The van der Waals surface area contributed by atoms with Crippen molar-refractivity contribution >= 4 is 34.9 Å². The molecule has 3 aromatic rings. The normalized spacial score (nSPS) is 11.3. The molecule has 26 heavy (non-hydrogen) atoms. The zero-order valence-corrected chi connectivity index (χ0v) is 16.2. The Labute approximate surface area is 161 Å². The number of carbonyl (C=O) groups is 1. The van der Waals surface area contributed by atoms with Gasteiger partial charge in [-0.3, -0.25) is 9.20 Å². The Morgan fingerprint density at radius 3 is 2.65 bits per heavy atom. The number of carbonyl (C=O) groups excluding carboxylic acids is 1. The van der Waals surface area contributed by atoms with Crippen LogP contribution in [-0.2, 0) is 6.54 Å². The fourth-order valence-corrected chi connectivity index (χ4v) is 3.31. The van der Waals surface area contributed by atoms with Gasteiger partial charge < -0.3 is 11.1 Å². The lowest BCUT2D eigenvalue weighted by molar-refractivity contribution is 0.0938. The SMILES string of the molecule is Cc1nc2nc(C(=O)NC(C)C)cn2c(-c2ccc(Cl)cc2Cl)c1CN. The molecule has 0 fully saturated rings. The Morgan fingerprint density at radius 1 is 1.31 bits per heavy atom. The summed E-state index contributed by atoms with van der Waals surface area (Å²) < 4.78 is 1.75. The van der Waals surface area contributed by atoms with Gasteiger partial charge in [0.15, 0.2) is 0 Å². The Kier molecular flexibility index (Phi) is 5.18. The predicted octanol–water partition coefficient (Wildman–Crippen LogP) is 3.61. The van der Waals surface area contributed by atoms with Gasteiger partial charge in [0.2, 0.25) is 5.78 Å². The molecule has 2 heterocycles. The number of nitrogens with zero attached hydrogens (tertiary/aromatic N) is 3. The molecule has 0 bridgehead atoms. The fraction of sp³-hybridized carbons (Fsp3) is 0.278. The first-order valence-corrected chi connectivity index (χ1v) is 8.92. The standard InChI is InChI=1S/C18H19Cl2N5O/c1-9(2)22-17(26)15-8-25-16(12-5-4-11(19)6-14(12)20)13(7-21)10(3)23-18(25)24-15/h4-6,8-9H,7,21H2,1-3H3,(H,22,26). The van der Waals surface area contributed by atoms with Crippen molar-refractivity contribution in [3.8, 4) is 11.3 Å². The molecule has 0 saturated carbocycles. The summed E-state index contributed by atoms with van der Waals surface area (Å²) in [6, 6.07) is 5.26. The highest BCUT2D eigenvalue weighted by Crippen LogP contribution is 2.33. The fourth-order valence-electron chi connectivity index (χ4n) is 2.81. The van der Waals surface area contributed by atoms with Crippen molar-refractivity contribution in [1.82, 2.24) is 19.7 Å². The zero-order valence-electron chi connectivity index (χ0n) is 14.7. The number of amides is 1. The highest BCUT2D eigenvalue weighted by molar-refractivity contribution is 6.36. The van der Waals surface area contributed by atoms with Crippen LogP contribution in [0.1, 0.15) is 35.6 Å². The third-order valence-electron chi connectivity index (χ3n) is 3.96. The zero-order chi connectivity index (χ0) is 19.0.